The average molecular weight is 1370 g/mol. The molecule has 10 heteroatoms. The Morgan fingerprint density at radius 3 is 1.02 bits per heavy atom. The van der Waals surface area contributed by atoms with Gasteiger partial charge >= 0.3 is 0 Å². The fourth-order valence-corrected chi connectivity index (χ4v) is 17.8. The van der Waals surface area contributed by atoms with E-state index in [9.17, 15) is 5.26 Å². The Morgan fingerprint density at radius 1 is 0.302 bits per heavy atom. The van der Waals surface area contributed by atoms with Gasteiger partial charge in [-0.15, -0.1) is 0 Å². The molecule has 19 rings (SSSR count). The minimum atomic E-state index is -0.246. The predicted molar refractivity (Wildman–Crippen MR) is 449 cm³/mol. The lowest BCUT2D eigenvalue weighted by atomic mass is 9.30. The summed E-state index contributed by atoms with van der Waals surface area (Å²) in [5, 5.41) is 16.0. The van der Waals surface area contributed by atoms with Crippen molar-refractivity contribution in [2.24, 2.45) is 0 Å². The van der Waals surface area contributed by atoms with Gasteiger partial charge in [0.2, 0.25) is 5.69 Å². The van der Waals surface area contributed by atoms with Crippen LogP contribution < -0.4 is 52.4 Å². The lowest BCUT2D eigenvalue weighted by Gasteiger charge is -2.47. The summed E-state index contributed by atoms with van der Waals surface area (Å²) < 4.78 is 4.81. The molecule has 0 aliphatic carbocycles. The SMILES string of the molecule is [C-]#[N+]c1cc(C(C)(C)C)cc2c3cc(C(C)(C)C)ccc3n(-c3cc4c5c(c3)N(c3ccccc3)c3cc6c(cc3B5c3ccccc3N4c3ccccc3)B3c4ccccc4N(c4ccccc4)c4cc(-n5c7ccc(C(C)(C)C)cc7c7cc(C(C)(C)C)cc(C#N)c75)cc(c43)N6c3ccccc3)c12. The van der Waals surface area contributed by atoms with Crippen molar-refractivity contribution in [1.82, 2.24) is 9.13 Å². The van der Waals surface area contributed by atoms with Crippen LogP contribution in [0.25, 0.3) is 59.8 Å². The number of fused-ring (bicyclic) bond motifs is 14. The molecule has 0 radical (unpaired) electrons. The second-order valence-electron chi connectivity index (χ2n) is 33.6. The van der Waals surface area contributed by atoms with Crippen LogP contribution in [0.2, 0.25) is 0 Å². The smallest absolute Gasteiger partial charge is 0.252 e. The first-order chi connectivity index (χ1) is 51.0. The Labute approximate surface area is 622 Å². The maximum atomic E-state index is 11.6. The van der Waals surface area contributed by atoms with E-state index in [2.05, 4.69) is 390 Å². The first-order valence-electron chi connectivity index (χ1n) is 37.2. The zero-order valence-electron chi connectivity index (χ0n) is 62.1. The van der Waals surface area contributed by atoms with E-state index in [1.165, 1.54) is 43.9 Å². The summed E-state index contributed by atoms with van der Waals surface area (Å²) in [5.41, 5.74) is 31.1. The quantitative estimate of drug-likeness (QED) is 0.123. The van der Waals surface area contributed by atoms with Crippen LogP contribution in [0, 0.1) is 17.9 Å². The molecule has 0 bridgehead atoms. The van der Waals surface area contributed by atoms with Crippen molar-refractivity contribution in [3.63, 3.8) is 0 Å². The van der Waals surface area contributed by atoms with Gasteiger partial charge in [-0.1, -0.05) is 228 Å². The van der Waals surface area contributed by atoms with Crippen LogP contribution in [0.3, 0.4) is 0 Å². The number of hydrogen-bond acceptors (Lipinski definition) is 5. The van der Waals surface area contributed by atoms with Gasteiger partial charge in [0.25, 0.3) is 13.4 Å². The van der Waals surface area contributed by atoms with E-state index < -0.39 is 0 Å². The van der Waals surface area contributed by atoms with Crippen molar-refractivity contribution in [3.8, 4) is 17.4 Å². The van der Waals surface area contributed by atoms with Gasteiger partial charge in [-0.3, -0.25) is 0 Å². The van der Waals surface area contributed by atoms with Crippen molar-refractivity contribution in [2.75, 3.05) is 19.6 Å². The van der Waals surface area contributed by atoms with Crippen LogP contribution in [-0.2, 0) is 21.7 Å². The van der Waals surface area contributed by atoms with E-state index >= 15 is 0 Å². The Bertz CT molecular complexity index is 5930. The zero-order valence-corrected chi connectivity index (χ0v) is 62.1. The van der Waals surface area contributed by atoms with E-state index in [0.717, 1.165) is 134 Å². The van der Waals surface area contributed by atoms with Gasteiger partial charge in [0.1, 0.15) is 6.07 Å². The molecule has 13 aromatic carbocycles. The Balaban J connectivity index is 0.946. The highest BCUT2D eigenvalue weighted by Gasteiger charge is 2.49. The van der Waals surface area contributed by atoms with Gasteiger partial charge in [-0.2, -0.15) is 5.26 Å². The monoisotopic (exact) mass is 1370 g/mol. The largest absolute Gasteiger partial charge is 0.319 e. The van der Waals surface area contributed by atoms with Crippen molar-refractivity contribution in [3.05, 3.63) is 306 Å². The summed E-state index contributed by atoms with van der Waals surface area (Å²) >= 11 is 0. The third-order valence-electron chi connectivity index (χ3n) is 23.0. The molecule has 0 amide bonds. The molecule has 510 valence electrons. The molecule has 2 aromatic heterocycles. The highest BCUT2D eigenvalue weighted by atomic mass is 15.2. The van der Waals surface area contributed by atoms with E-state index in [-0.39, 0.29) is 35.1 Å². The number of aromatic nitrogens is 2. The van der Waals surface area contributed by atoms with Crippen molar-refractivity contribution in [1.29, 1.82) is 5.26 Å². The topological polar surface area (TPSA) is 51.0 Å². The zero-order chi connectivity index (χ0) is 72.8. The molecular formula is C96H80B2N8. The summed E-state index contributed by atoms with van der Waals surface area (Å²) in [5.74, 6) is 0. The Morgan fingerprint density at radius 2 is 0.642 bits per heavy atom. The highest BCUT2D eigenvalue weighted by Crippen LogP contribution is 2.53. The average Bonchev–Trinajstić information content (AvgIpc) is 0.705. The van der Waals surface area contributed by atoms with Crippen LogP contribution in [0.4, 0.5) is 73.9 Å². The number of nitriles is 1. The van der Waals surface area contributed by atoms with Crippen LogP contribution in [0.5, 0.6) is 0 Å². The van der Waals surface area contributed by atoms with Crippen molar-refractivity contribution >= 4 is 164 Å². The second-order valence-corrected chi connectivity index (χ2v) is 33.6. The Kier molecular flexibility index (Phi) is 14.1. The van der Waals surface area contributed by atoms with Crippen molar-refractivity contribution < 1.29 is 0 Å². The van der Waals surface area contributed by atoms with Gasteiger partial charge in [-0.25, -0.2) is 4.85 Å². The van der Waals surface area contributed by atoms with Gasteiger partial charge in [0.15, 0.2) is 0 Å². The lowest BCUT2D eigenvalue weighted by molar-refractivity contribution is 0.590. The summed E-state index contributed by atoms with van der Waals surface area (Å²) in [6, 6.07) is 103. The second kappa shape index (κ2) is 23.1. The molecule has 0 saturated carbocycles. The standard InChI is InChI=1S/C96H80B2N8/c1-93(2,3)60-42-44-79-70(47-60)72-49-62(95(7,8)9)46-59(58-99)91(72)105(79)68-52-85-89-87(53-68)103(66-34-22-16-23-35-66)83-57-84-77(56-76(83)97(89)74-38-26-28-40-81(74)101(85)64-30-18-14-19-31-64)98-75-39-27-29-41-82(75)102(65-32-20-15-21-33-65)86-54-69(55-88(90(86)98)104(84)67-36-24-17-25-37-67)106-80-45-43-61(94(4,5)6)48-71(80)73-50-63(96(10,11)12)51-78(100-13)92(73)106/h14-57H,1-12H3. The highest BCUT2D eigenvalue weighted by molar-refractivity contribution is 7.03. The normalized spacial score (nSPS) is 13.7. The maximum Gasteiger partial charge on any atom is 0.252 e. The number of nitrogens with zero attached hydrogens (tertiary/aromatic N) is 8. The summed E-state index contributed by atoms with van der Waals surface area (Å²) in [7, 11) is 0. The third kappa shape index (κ3) is 9.66. The van der Waals surface area contributed by atoms with Crippen molar-refractivity contribution in [2.45, 2.75) is 105 Å². The minimum absolute atomic E-state index is 0.127. The Hall–Kier alpha value is -12.2. The molecule has 4 aliphatic heterocycles. The molecule has 0 unspecified atom stereocenters. The molecule has 106 heavy (non-hydrogen) atoms. The molecule has 6 heterocycles. The predicted octanol–water partition coefficient (Wildman–Crippen LogP) is 21.7. The molecular weight excluding hydrogens is 1290 g/mol. The molecule has 0 saturated heterocycles. The number of rotatable bonds is 6. The van der Waals surface area contributed by atoms with E-state index in [0.29, 0.717) is 11.3 Å². The first-order valence-corrected chi connectivity index (χ1v) is 37.2. The summed E-state index contributed by atoms with van der Waals surface area (Å²) in [4.78, 5) is 14.6. The lowest BCUT2D eigenvalue weighted by Crippen LogP contribution is -2.65. The number of anilines is 12. The van der Waals surface area contributed by atoms with Gasteiger partial charge in [0, 0.05) is 90.1 Å². The molecule has 8 nitrogen and oxygen atoms in total. The fourth-order valence-electron chi connectivity index (χ4n) is 17.8. The third-order valence-corrected chi connectivity index (χ3v) is 23.0. The molecule has 0 spiro atoms. The molecule has 0 fully saturated rings. The van der Waals surface area contributed by atoms with E-state index in [1.54, 1.807) is 0 Å². The first kappa shape index (κ1) is 64.6. The molecule has 0 N–H and O–H groups in total. The van der Waals surface area contributed by atoms with Crippen LogP contribution >= 0.6 is 0 Å². The van der Waals surface area contributed by atoms with Gasteiger partial charge < -0.3 is 28.7 Å². The minimum Gasteiger partial charge on any atom is -0.319 e. The van der Waals surface area contributed by atoms with E-state index in [4.69, 9.17) is 6.57 Å². The van der Waals surface area contributed by atoms with E-state index in [1.807, 2.05) is 0 Å². The van der Waals surface area contributed by atoms with Crippen LogP contribution in [-0.4, -0.2) is 22.6 Å². The summed E-state index contributed by atoms with van der Waals surface area (Å²) in [6.45, 7) is 35.8. The number of benzene rings is 13. The van der Waals surface area contributed by atoms with Crippen LogP contribution in [0.15, 0.2) is 267 Å². The van der Waals surface area contributed by atoms with Gasteiger partial charge in [0.05, 0.1) is 39.9 Å². The number of para-hydroxylation sites is 6. The van der Waals surface area contributed by atoms with Gasteiger partial charge in [-0.05, 0) is 204 Å². The fraction of sp³-hybridized carbons (Fsp3) is 0.167. The molecule has 0 atom stereocenters. The maximum absolute atomic E-state index is 11.6. The summed E-state index contributed by atoms with van der Waals surface area (Å²) in [6.07, 6.45) is 0. The molecule has 4 aliphatic rings. The van der Waals surface area contributed by atoms with Crippen LogP contribution in [0.1, 0.15) is 111 Å². The molecule has 15 aromatic rings. The number of hydrogen-bond donors (Lipinski definition) is 0.